The lowest BCUT2D eigenvalue weighted by Crippen LogP contribution is -2.48. The smallest absolute Gasteiger partial charge is 0.243 e. The summed E-state index contributed by atoms with van der Waals surface area (Å²) in [6.07, 6.45) is -0.243. The molecule has 8 heteroatoms. The van der Waals surface area contributed by atoms with Gasteiger partial charge in [0.15, 0.2) is 0 Å². The van der Waals surface area contributed by atoms with Crippen LogP contribution >= 0.6 is 11.6 Å². The summed E-state index contributed by atoms with van der Waals surface area (Å²) in [5.74, 6) is -0.329. The van der Waals surface area contributed by atoms with Gasteiger partial charge in [0.2, 0.25) is 10.0 Å². The predicted molar refractivity (Wildman–Crippen MR) is 87.6 cm³/mol. The van der Waals surface area contributed by atoms with Gasteiger partial charge in [-0.25, -0.2) is 17.5 Å². The van der Waals surface area contributed by atoms with E-state index in [1.54, 1.807) is 0 Å². The third-order valence-corrected chi connectivity index (χ3v) is 5.22. The van der Waals surface area contributed by atoms with Crippen LogP contribution in [0.2, 0.25) is 5.02 Å². The lowest BCUT2D eigenvalue weighted by molar-refractivity contribution is -0.0280. The van der Waals surface area contributed by atoms with Crippen molar-refractivity contribution < 1.29 is 17.5 Å². The number of nitrogens with zero attached hydrogens (tertiary/aromatic N) is 1. The number of hydrogen-bond donors (Lipinski definition) is 1. The summed E-state index contributed by atoms with van der Waals surface area (Å²) in [6, 6.07) is 3.49. The molecule has 1 unspecified atom stereocenters. The molecule has 0 bridgehead atoms. The summed E-state index contributed by atoms with van der Waals surface area (Å²) in [6.45, 7) is 7.38. The van der Waals surface area contributed by atoms with Crippen molar-refractivity contribution in [1.82, 2.24) is 9.62 Å². The average Bonchev–Trinajstić information content (AvgIpc) is 2.44. The highest BCUT2D eigenvalue weighted by Gasteiger charge is 2.25. The number of hydrogen-bond acceptors (Lipinski definition) is 4. The van der Waals surface area contributed by atoms with Gasteiger partial charge in [-0.3, -0.25) is 4.90 Å². The zero-order valence-corrected chi connectivity index (χ0v) is 14.8. The van der Waals surface area contributed by atoms with E-state index < -0.39 is 20.7 Å². The van der Waals surface area contributed by atoms with Crippen molar-refractivity contribution >= 4 is 21.6 Å². The number of nitrogens with one attached hydrogen (secondary N) is 1. The molecule has 23 heavy (non-hydrogen) atoms. The van der Waals surface area contributed by atoms with E-state index in [2.05, 4.69) is 23.5 Å². The van der Waals surface area contributed by atoms with Crippen LogP contribution in [0.5, 0.6) is 0 Å². The summed E-state index contributed by atoms with van der Waals surface area (Å²) in [7, 11) is -3.93. The van der Waals surface area contributed by atoms with Crippen molar-refractivity contribution in [2.45, 2.75) is 24.8 Å². The molecular weight excluding hydrogens is 343 g/mol. The molecule has 130 valence electrons. The molecule has 1 fully saturated rings. The van der Waals surface area contributed by atoms with Gasteiger partial charge in [0.1, 0.15) is 10.7 Å². The van der Waals surface area contributed by atoms with Gasteiger partial charge in [-0.05, 0) is 24.1 Å². The maximum atomic E-state index is 13.8. The van der Waals surface area contributed by atoms with E-state index in [1.807, 2.05) is 0 Å². The molecule has 0 spiro atoms. The van der Waals surface area contributed by atoms with Crippen LogP contribution in [0.4, 0.5) is 4.39 Å². The maximum absolute atomic E-state index is 13.8. The second kappa shape index (κ2) is 7.90. The molecule has 1 N–H and O–H groups in total. The zero-order chi connectivity index (χ0) is 17.0. The Morgan fingerprint density at radius 2 is 2.22 bits per heavy atom. The summed E-state index contributed by atoms with van der Waals surface area (Å²) < 4.78 is 46.2. The predicted octanol–water partition coefficient (Wildman–Crippen LogP) is 2.11. The number of morpholine rings is 1. The van der Waals surface area contributed by atoms with Crippen LogP contribution in [-0.4, -0.2) is 52.2 Å². The van der Waals surface area contributed by atoms with Crippen LogP contribution < -0.4 is 4.72 Å². The van der Waals surface area contributed by atoms with Crippen molar-refractivity contribution in [3.05, 3.63) is 29.0 Å². The van der Waals surface area contributed by atoms with E-state index in [0.717, 1.165) is 25.2 Å². The second-order valence-electron chi connectivity index (χ2n) is 6.07. The van der Waals surface area contributed by atoms with Crippen molar-refractivity contribution in [2.24, 2.45) is 5.92 Å². The van der Waals surface area contributed by atoms with Crippen LogP contribution in [0.15, 0.2) is 23.1 Å². The molecule has 1 aromatic carbocycles. The highest BCUT2D eigenvalue weighted by Crippen LogP contribution is 2.19. The number of ether oxygens (including phenoxy) is 1. The molecule has 1 aliphatic heterocycles. The summed E-state index contributed by atoms with van der Waals surface area (Å²) in [5.41, 5.74) is 0. The standard InChI is InChI=1S/C15H22ClFN2O3S/c1-11(2)9-19-5-6-22-13(10-19)8-18-23(20,21)15-4-3-12(16)7-14(15)17/h3-4,7,11,13,18H,5-6,8-10H2,1-2H3. The van der Waals surface area contributed by atoms with Gasteiger partial charge in [-0.1, -0.05) is 25.4 Å². The van der Waals surface area contributed by atoms with Crippen LogP contribution in [0.25, 0.3) is 0 Å². The van der Waals surface area contributed by atoms with Gasteiger partial charge >= 0.3 is 0 Å². The SMILES string of the molecule is CC(C)CN1CCOC(CNS(=O)(=O)c2ccc(Cl)cc2F)C1. The monoisotopic (exact) mass is 364 g/mol. The summed E-state index contributed by atoms with van der Waals surface area (Å²) >= 11 is 5.64. The van der Waals surface area contributed by atoms with Gasteiger partial charge in [-0.15, -0.1) is 0 Å². The largest absolute Gasteiger partial charge is 0.374 e. The van der Waals surface area contributed by atoms with E-state index in [1.165, 1.54) is 6.07 Å². The van der Waals surface area contributed by atoms with Crippen molar-refractivity contribution in [1.29, 1.82) is 0 Å². The molecule has 1 atom stereocenters. The Hall–Kier alpha value is -0.730. The molecule has 5 nitrogen and oxygen atoms in total. The first-order valence-corrected chi connectivity index (χ1v) is 9.42. The number of halogens is 2. The molecular formula is C15H22ClFN2O3S. The minimum absolute atomic E-state index is 0.110. The molecule has 0 amide bonds. The summed E-state index contributed by atoms with van der Waals surface area (Å²) in [5, 5.41) is 0.154. The molecule has 1 aliphatic rings. The zero-order valence-electron chi connectivity index (χ0n) is 13.3. The topological polar surface area (TPSA) is 58.6 Å². The average molecular weight is 365 g/mol. The van der Waals surface area contributed by atoms with Crippen molar-refractivity contribution in [3.63, 3.8) is 0 Å². The lowest BCUT2D eigenvalue weighted by atomic mass is 10.2. The van der Waals surface area contributed by atoms with E-state index in [0.29, 0.717) is 19.1 Å². The Balaban J connectivity index is 1.96. The van der Waals surface area contributed by atoms with Crippen LogP contribution in [0.1, 0.15) is 13.8 Å². The number of benzene rings is 1. The third-order valence-electron chi connectivity index (χ3n) is 3.53. The molecule has 1 aromatic rings. The molecule has 1 heterocycles. The Labute approximate surface area is 141 Å². The van der Waals surface area contributed by atoms with Gasteiger partial charge in [-0.2, -0.15) is 0 Å². The van der Waals surface area contributed by atoms with Gasteiger partial charge in [0, 0.05) is 31.2 Å². The molecule has 0 radical (unpaired) electrons. The van der Waals surface area contributed by atoms with Crippen molar-refractivity contribution in [3.8, 4) is 0 Å². The van der Waals surface area contributed by atoms with E-state index >= 15 is 0 Å². The van der Waals surface area contributed by atoms with Crippen LogP contribution in [0, 0.1) is 11.7 Å². The Kier molecular flexibility index (Phi) is 6.39. The third kappa shape index (κ3) is 5.39. The van der Waals surface area contributed by atoms with Crippen LogP contribution in [0.3, 0.4) is 0 Å². The van der Waals surface area contributed by atoms with E-state index in [4.69, 9.17) is 16.3 Å². The van der Waals surface area contributed by atoms with Gasteiger partial charge < -0.3 is 4.74 Å². The van der Waals surface area contributed by atoms with Gasteiger partial charge in [0.25, 0.3) is 0 Å². The first-order valence-electron chi connectivity index (χ1n) is 7.56. The maximum Gasteiger partial charge on any atom is 0.243 e. The number of sulfonamides is 1. The normalized spacial score (nSPS) is 20.1. The fourth-order valence-electron chi connectivity index (χ4n) is 2.56. The fraction of sp³-hybridized carbons (Fsp3) is 0.600. The van der Waals surface area contributed by atoms with Crippen LogP contribution in [-0.2, 0) is 14.8 Å². The number of rotatable bonds is 6. The Morgan fingerprint density at radius 1 is 1.48 bits per heavy atom. The molecule has 0 saturated carbocycles. The Bertz CT molecular complexity index is 640. The first-order chi connectivity index (χ1) is 10.8. The Morgan fingerprint density at radius 3 is 2.87 bits per heavy atom. The highest BCUT2D eigenvalue weighted by molar-refractivity contribution is 7.89. The highest BCUT2D eigenvalue weighted by atomic mass is 35.5. The molecule has 0 aromatic heterocycles. The fourth-order valence-corrected chi connectivity index (χ4v) is 3.84. The lowest BCUT2D eigenvalue weighted by Gasteiger charge is -2.33. The van der Waals surface area contributed by atoms with Gasteiger partial charge in [0.05, 0.1) is 12.7 Å². The second-order valence-corrected chi connectivity index (χ2v) is 8.24. The molecule has 2 rings (SSSR count). The van der Waals surface area contributed by atoms with E-state index in [-0.39, 0.29) is 17.7 Å². The first kappa shape index (κ1) is 18.6. The minimum atomic E-state index is -3.93. The summed E-state index contributed by atoms with van der Waals surface area (Å²) in [4.78, 5) is 1.84. The van der Waals surface area contributed by atoms with Crippen molar-refractivity contribution in [2.75, 3.05) is 32.8 Å². The molecule has 1 saturated heterocycles. The van der Waals surface area contributed by atoms with E-state index in [9.17, 15) is 12.8 Å². The molecule has 0 aliphatic carbocycles. The minimum Gasteiger partial charge on any atom is -0.374 e. The quantitative estimate of drug-likeness (QED) is 0.840.